The van der Waals surface area contributed by atoms with Gasteiger partial charge in [0.15, 0.2) is 0 Å². The molecule has 2 saturated heterocycles. The first-order chi connectivity index (χ1) is 15.2. The third-order valence-electron chi connectivity index (χ3n) is 5.79. The summed E-state index contributed by atoms with van der Waals surface area (Å²) in [6, 6.07) is 10.5. The number of benzene rings is 1. The third kappa shape index (κ3) is 5.42. The van der Waals surface area contributed by atoms with E-state index in [2.05, 4.69) is 57.4 Å². The van der Waals surface area contributed by atoms with Crippen LogP contribution >= 0.6 is 20.7 Å². The Balaban J connectivity index is 1.62. The molecule has 0 saturated carbocycles. The summed E-state index contributed by atoms with van der Waals surface area (Å²) in [6.45, 7) is 10.6. The molecule has 0 radical (unpaired) electrons. The molecule has 1 aromatic rings. The molecule has 4 rings (SSSR count). The summed E-state index contributed by atoms with van der Waals surface area (Å²) in [5, 5.41) is 8.29. The second-order valence-electron chi connectivity index (χ2n) is 7.63. The van der Waals surface area contributed by atoms with Crippen LogP contribution in [0.25, 0.3) is 0 Å². The first-order valence-corrected chi connectivity index (χ1v) is 15.6. The zero-order valence-corrected chi connectivity index (χ0v) is 22.2. The number of nitrogens with two attached hydrogens (primary N) is 1. The fourth-order valence-corrected chi connectivity index (χ4v) is 7.13. The molecule has 6 nitrogen and oxygen atoms in total. The van der Waals surface area contributed by atoms with Gasteiger partial charge in [0.25, 0.3) is 0 Å². The van der Waals surface area contributed by atoms with Crippen LogP contribution in [-0.2, 0) is 0 Å². The molecule has 2 fully saturated rings. The molecule has 0 aromatic heterocycles. The number of rotatable bonds is 8. The van der Waals surface area contributed by atoms with E-state index in [4.69, 9.17) is 15.6 Å². The molecular formula is C22H31IN6PS-. The van der Waals surface area contributed by atoms with Gasteiger partial charge in [0.05, 0.1) is 0 Å². The second-order valence-corrected chi connectivity index (χ2v) is 12.7. The number of nitrogens with zero attached hydrogens (tertiary/aromatic N) is 5. The Hall–Kier alpha value is -0.770. The first kappa shape index (κ1) is 23.4. The summed E-state index contributed by atoms with van der Waals surface area (Å²) in [5.41, 5.74) is 10.8. The van der Waals surface area contributed by atoms with E-state index in [1.54, 1.807) is 0 Å². The number of hydrogen-bond donors (Lipinski definition) is 1. The molecule has 2 unspecified atom stereocenters. The fraction of sp³-hybridized carbons (Fsp3) is 0.455. The zero-order valence-electron chi connectivity index (χ0n) is 18.2. The number of piperazine rings is 1. The number of amidine groups is 1. The Bertz CT molecular complexity index is 891. The van der Waals surface area contributed by atoms with E-state index in [-0.39, 0.29) is 29.9 Å². The van der Waals surface area contributed by atoms with Crippen molar-refractivity contribution >= 4 is 32.2 Å². The van der Waals surface area contributed by atoms with E-state index in [0.717, 1.165) is 61.7 Å². The van der Waals surface area contributed by atoms with Gasteiger partial charge >= 0.3 is 197 Å². The number of hydrazone groups is 1. The zero-order chi connectivity index (χ0) is 21.8. The monoisotopic (exact) mass is 569 g/mol. The van der Waals surface area contributed by atoms with Gasteiger partial charge in [-0.05, 0) is 6.26 Å². The number of halogens is 1. The van der Waals surface area contributed by atoms with Gasteiger partial charge in [0, 0.05) is 0 Å². The van der Waals surface area contributed by atoms with Crippen LogP contribution < -0.4 is 26.7 Å². The number of alkyl halides is 2. The van der Waals surface area contributed by atoms with Crippen molar-refractivity contribution in [3.05, 3.63) is 58.9 Å². The van der Waals surface area contributed by atoms with E-state index in [1.807, 2.05) is 19.0 Å². The number of hydrogen-bond acceptors (Lipinski definition) is 6. The van der Waals surface area contributed by atoms with Gasteiger partial charge < -0.3 is 0 Å². The van der Waals surface area contributed by atoms with Gasteiger partial charge in [0.1, 0.15) is 0 Å². The van der Waals surface area contributed by atoms with Crippen molar-refractivity contribution in [2.45, 2.75) is 3.92 Å². The summed E-state index contributed by atoms with van der Waals surface area (Å²) in [7, 11) is 2.11. The SMILES string of the molecule is C=C(PN)/C(=C1/C(c2ccccc2)=NN(CCN2CCN(SC)CC2)C1=NC)C1C[I-]1. The Morgan fingerprint density at radius 3 is 2.55 bits per heavy atom. The Kier molecular flexibility index (Phi) is 8.22. The quantitative estimate of drug-likeness (QED) is 0.198. The Morgan fingerprint density at radius 1 is 1.26 bits per heavy atom. The third-order valence-corrected chi connectivity index (χ3v) is 9.68. The second kappa shape index (κ2) is 10.9. The molecule has 31 heavy (non-hydrogen) atoms. The molecule has 168 valence electrons. The van der Waals surface area contributed by atoms with Crippen molar-refractivity contribution in [1.29, 1.82) is 0 Å². The molecule has 3 heterocycles. The molecule has 2 atom stereocenters. The summed E-state index contributed by atoms with van der Waals surface area (Å²) >= 11 is 2.05. The first-order valence-electron chi connectivity index (χ1n) is 10.5. The molecule has 0 bridgehead atoms. The normalized spacial score (nSPS) is 25.8. The van der Waals surface area contributed by atoms with Crippen molar-refractivity contribution < 1.29 is 21.2 Å². The minimum atomic E-state index is 0.209. The fourth-order valence-electron chi connectivity index (χ4n) is 4.03. The molecule has 0 aliphatic carbocycles. The van der Waals surface area contributed by atoms with Crippen molar-refractivity contribution in [2.24, 2.45) is 15.6 Å². The molecule has 0 amide bonds. The van der Waals surface area contributed by atoms with E-state index >= 15 is 0 Å². The van der Waals surface area contributed by atoms with Crippen LogP contribution in [0.2, 0.25) is 0 Å². The average Bonchev–Trinajstić information content (AvgIpc) is 3.59. The topological polar surface area (TPSA) is 60.5 Å². The summed E-state index contributed by atoms with van der Waals surface area (Å²) in [6.07, 6.45) is 2.16. The number of aliphatic imine (C=N–C) groups is 1. The molecule has 0 spiro atoms. The van der Waals surface area contributed by atoms with Gasteiger partial charge in [-0.2, -0.15) is 0 Å². The summed E-state index contributed by atoms with van der Waals surface area (Å²) in [4.78, 5) is 7.27. The van der Waals surface area contributed by atoms with E-state index < -0.39 is 0 Å². The predicted molar refractivity (Wildman–Crippen MR) is 132 cm³/mol. The molecular weight excluding hydrogens is 538 g/mol. The maximum atomic E-state index is 6.09. The van der Waals surface area contributed by atoms with E-state index in [1.165, 1.54) is 15.6 Å². The van der Waals surface area contributed by atoms with Gasteiger partial charge in [-0.3, -0.25) is 0 Å². The summed E-state index contributed by atoms with van der Waals surface area (Å²) < 4.78 is 4.38. The van der Waals surface area contributed by atoms with Crippen molar-refractivity contribution in [1.82, 2.24) is 14.2 Å². The molecule has 9 heteroatoms. The van der Waals surface area contributed by atoms with Gasteiger partial charge in [-0.1, -0.05) is 0 Å². The van der Waals surface area contributed by atoms with Gasteiger partial charge in [-0.25, -0.2) is 0 Å². The van der Waals surface area contributed by atoms with Gasteiger partial charge in [0.2, 0.25) is 0 Å². The van der Waals surface area contributed by atoms with E-state index in [0.29, 0.717) is 3.92 Å². The van der Waals surface area contributed by atoms with Crippen LogP contribution in [0.4, 0.5) is 0 Å². The standard InChI is InChI=1S/C22H31IN6PS/c1-16(30-24)19(18-15-23-18)20-21(17-7-5-4-6-8-17)26-29(22(20)25-2)14-11-27-9-12-28(31-3)13-10-27/h4-8,18,30H,1,9-15,24H2,2-3H3/q-1/b20-19+,25-22?. The van der Waals surface area contributed by atoms with Gasteiger partial charge in [-0.15, -0.1) is 0 Å². The summed E-state index contributed by atoms with van der Waals surface area (Å²) in [5.74, 6) is 0.979. The van der Waals surface area contributed by atoms with Crippen LogP contribution in [0.3, 0.4) is 0 Å². The van der Waals surface area contributed by atoms with Crippen LogP contribution in [0.5, 0.6) is 0 Å². The van der Waals surface area contributed by atoms with Crippen molar-refractivity contribution in [2.75, 3.05) is 57.0 Å². The van der Waals surface area contributed by atoms with Crippen LogP contribution in [0.15, 0.2) is 63.5 Å². The average molecular weight is 569 g/mol. The Morgan fingerprint density at radius 2 is 1.97 bits per heavy atom. The van der Waals surface area contributed by atoms with Crippen LogP contribution in [-0.4, -0.2) is 86.7 Å². The Labute approximate surface area is 202 Å². The van der Waals surface area contributed by atoms with Crippen LogP contribution in [0, 0.1) is 0 Å². The van der Waals surface area contributed by atoms with Crippen LogP contribution in [0.1, 0.15) is 5.56 Å². The molecule has 3 aliphatic heterocycles. The van der Waals surface area contributed by atoms with Crippen molar-refractivity contribution in [3.8, 4) is 0 Å². The van der Waals surface area contributed by atoms with E-state index in [9.17, 15) is 0 Å². The molecule has 3 aliphatic rings. The minimum absolute atomic E-state index is 0.209. The molecule has 2 N–H and O–H groups in total. The molecule has 1 aromatic carbocycles. The number of allylic oxidation sites excluding steroid dienone is 2. The van der Waals surface area contributed by atoms with Crippen molar-refractivity contribution in [3.63, 3.8) is 0 Å². The maximum absolute atomic E-state index is 6.09. The predicted octanol–water partition coefficient (Wildman–Crippen LogP) is -0.536.